The molecule has 1 amide bonds. The summed E-state index contributed by atoms with van der Waals surface area (Å²) in [6.07, 6.45) is 34.3. The quantitative estimate of drug-likeness (QED) is 0.0967. The summed E-state index contributed by atoms with van der Waals surface area (Å²) in [6, 6.07) is 0. The summed E-state index contributed by atoms with van der Waals surface area (Å²) in [5, 5.41) is 8.57. The normalized spacial score (nSPS) is 10.7. The van der Waals surface area contributed by atoms with Crippen LogP contribution in [0.2, 0.25) is 0 Å². The molecule has 0 bridgehead atoms. The van der Waals surface area contributed by atoms with Crippen LogP contribution in [0, 0.1) is 0 Å². The molecule has 0 aromatic heterocycles. The first-order chi connectivity index (χ1) is 18.5. The van der Waals surface area contributed by atoms with Crippen molar-refractivity contribution in [2.75, 3.05) is 20.1 Å². The van der Waals surface area contributed by atoms with Crippen molar-refractivity contribution < 1.29 is 14.7 Å². The van der Waals surface area contributed by atoms with Crippen molar-refractivity contribution in [2.24, 2.45) is 5.73 Å². The number of hydrogen-bond acceptors (Lipinski definition) is 3. The lowest BCUT2D eigenvalue weighted by Gasteiger charge is -2.14. The van der Waals surface area contributed by atoms with Crippen molar-refractivity contribution in [3.8, 4) is 0 Å². The van der Waals surface area contributed by atoms with E-state index in [1.165, 1.54) is 153 Å². The second-order valence-electron chi connectivity index (χ2n) is 11.3. The monoisotopic (exact) mass is 541 g/mol. The molecule has 0 rings (SSSR count). The number of rotatable bonds is 28. The minimum atomic E-state index is -0.956. The molecule has 0 fully saturated rings. The van der Waals surface area contributed by atoms with Crippen molar-refractivity contribution in [1.82, 2.24) is 4.90 Å². The Labute approximate surface area is 238 Å². The second kappa shape index (κ2) is 33.9. The predicted molar refractivity (Wildman–Crippen MR) is 166 cm³/mol. The third-order valence-corrected chi connectivity index (χ3v) is 7.35. The van der Waals surface area contributed by atoms with Gasteiger partial charge in [-0.3, -0.25) is 9.59 Å². The van der Waals surface area contributed by atoms with Crippen LogP contribution in [0.15, 0.2) is 0 Å². The van der Waals surface area contributed by atoms with E-state index in [0.29, 0.717) is 6.42 Å². The van der Waals surface area contributed by atoms with Gasteiger partial charge in [0.05, 0.1) is 0 Å². The van der Waals surface area contributed by atoms with Crippen LogP contribution in [0.5, 0.6) is 0 Å². The third-order valence-electron chi connectivity index (χ3n) is 7.35. The predicted octanol–water partition coefficient (Wildman–Crippen LogP) is 9.66. The van der Waals surface area contributed by atoms with E-state index in [-0.39, 0.29) is 12.5 Å². The molecule has 0 unspecified atom stereocenters. The number of nitrogens with two attached hydrogens (primary N) is 1. The van der Waals surface area contributed by atoms with Gasteiger partial charge in [-0.1, -0.05) is 162 Å². The highest BCUT2D eigenvalue weighted by atomic mass is 16.4. The molecule has 0 heterocycles. The van der Waals surface area contributed by atoms with Gasteiger partial charge in [-0.15, -0.1) is 0 Å². The van der Waals surface area contributed by atoms with E-state index < -0.39 is 5.97 Å². The summed E-state index contributed by atoms with van der Waals surface area (Å²) < 4.78 is 0. The number of aliphatic carboxylic acids is 1. The van der Waals surface area contributed by atoms with E-state index in [9.17, 15) is 9.59 Å². The van der Waals surface area contributed by atoms with E-state index in [2.05, 4.69) is 13.8 Å². The Morgan fingerprint density at radius 2 is 0.816 bits per heavy atom. The molecule has 0 aromatic carbocycles. The van der Waals surface area contributed by atoms with Crippen LogP contribution in [0.4, 0.5) is 0 Å². The zero-order valence-electron chi connectivity index (χ0n) is 26.1. The first kappa shape index (κ1) is 39.0. The Kier molecular flexibility index (Phi) is 34.9. The molecule has 0 saturated heterocycles. The summed E-state index contributed by atoms with van der Waals surface area (Å²) in [5.41, 5.74) is 5.48. The maximum absolute atomic E-state index is 11.5. The van der Waals surface area contributed by atoms with Gasteiger partial charge in [0.2, 0.25) is 5.91 Å². The smallest absolute Gasteiger partial charge is 0.323 e. The van der Waals surface area contributed by atoms with Crippen LogP contribution >= 0.6 is 0 Å². The Hall–Kier alpha value is -1.10. The van der Waals surface area contributed by atoms with Gasteiger partial charge in [-0.2, -0.15) is 0 Å². The standard InChI is InChI=1S/C18H39N.C15H29NO3/c1-2-3-4-5-6-7-8-9-10-11-12-13-14-15-16-17-18-19;1-3-4-5-6-7-8-9-10-11-12-14(17)16(2)13-15(18)19/h2-19H2,1H3;3-13H2,1-2H3,(H,18,19). The van der Waals surface area contributed by atoms with Crippen LogP contribution in [0.25, 0.3) is 0 Å². The van der Waals surface area contributed by atoms with Gasteiger partial charge in [0.1, 0.15) is 6.54 Å². The van der Waals surface area contributed by atoms with Crippen LogP contribution in [0.3, 0.4) is 0 Å². The summed E-state index contributed by atoms with van der Waals surface area (Å²) in [7, 11) is 1.55. The number of hydrogen-bond donors (Lipinski definition) is 2. The molecule has 0 spiro atoms. The number of nitrogens with zero attached hydrogens (tertiary/aromatic N) is 1. The van der Waals surface area contributed by atoms with E-state index in [4.69, 9.17) is 10.8 Å². The average molecular weight is 541 g/mol. The summed E-state index contributed by atoms with van der Waals surface area (Å²) >= 11 is 0. The van der Waals surface area contributed by atoms with E-state index in [0.717, 1.165) is 19.4 Å². The fourth-order valence-corrected chi connectivity index (χ4v) is 4.76. The zero-order valence-corrected chi connectivity index (χ0v) is 26.1. The minimum Gasteiger partial charge on any atom is -0.480 e. The number of likely N-dealkylation sites (N-methyl/N-ethyl adjacent to an activating group) is 1. The van der Waals surface area contributed by atoms with Gasteiger partial charge < -0.3 is 15.7 Å². The number of carbonyl (C=O) groups is 2. The number of amides is 1. The molecule has 38 heavy (non-hydrogen) atoms. The molecule has 0 aliphatic carbocycles. The molecule has 3 N–H and O–H groups in total. The molecule has 0 saturated carbocycles. The van der Waals surface area contributed by atoms with Crippen molar-refractivity contribution >= 4 is 11.9 Å². The number of carbonyl (C=O) groups excluding carboxylic acids is 1. The highest BCUT2D eigenvalue weighted by molar-refractivity contribution is 5.80. The van der Waals surface area contributed by atoms with Gasteiger partial charge in [0, 0.05) is 13.5 Å². The largest absolute Gasteiger partial charge is 0.480 e. The van der Waals surface area contributed by atoms with Gasteiger partial charge in [-0.25, -0.2) is 0 Å². The van der Waals surface area contributed by atoms with Crippen LogP contribution in [-0.4, -0.2) is 42.0 Å². The fourth-order valence-electron chi connectivity index (χ4n) is 4.76. The zero-order chi connectivity index (χ0) is 28.5. The number of unbranched alkanes of at least 4 members (excludes halogenated alkanes) is 23. The van der Waals surface area contributed by atoms with Crippen LogP contribution in [-0.2, 0) is 9.59 Å². The molecule has 0 aliphatic rings. The average Bonchev–Trinajstić information content (AvgIpc) is 2.90. The van der Waals surface area contributed by atoms with Crippen LogP contribution in [0.1, 0.15) is 181 Å². The fraction of sp³-hybridized carbons (Fsp3) is 0.939. The number of carboxylic acid groups (broad SMARTS) is 1. The van der Waals surface area contributed by atoms with Crippen LogP contribution < -0.4 is 5.73 Å². The lowest BCUT2D eigenvalue weighted by Crippen LogP contribution is -2.31. The molecule has 5 heteroatoms. The SMILES string of the molecule is CCCCCCCCCCCC(=O)N(C)CC(=O)O.CCCCCCCCCCCCCCCCCCN. The lowest BCUT2D eigenvalue weighted by molar-refractivity contribution is -0.143. The lowest BCUT2D eigenvalue weighted by atomic mass is 10.0. The second-order valence-corrected chi connectivity index (χ2v) is 11.3. The summed E-state index contributed by atoms with van der Waals surface area (Å²) in [6.45, 7) is 5.19. The van der Waals surface area contributed by atoms with Gasteiger partial charge in [0.25, 0.3) is 0 Å². The van der Waals surface area contributed by atoms with Crippen molar-refractivity contribution in [3.05, 3.63) is 0 Å². The van der Waals surface area contributed by atoms with E-state index in [1.807, 2.05) is 0 Å². The molecule has 0 aliphatic heterocycles. The first-order valence-corrected chi connectivity index (χ1v) is 16.6. The third kappa shape index (κ3) is 34.9. The maximum Gasteiger partial charge on any atom is 0.323 e. The van der Waals surface area contributed by atoms with Gasteiger partial charge >= 0.3 is 5.97 Å². The molecular weight excluding hydrogens is 472 g/mol. The van der Waals surface area contributed by atoms with Crippen molar-refractivity contribution in [1.29, 1.82) is 0 Å². The molecule has 5 nitrogen and oxygen atoms in total. The molecule has 0 atom stereocenters. The van der Waals surface area contributed by atoms with Crippen molar-refractivity contribution in [2.45, 2.75) is 181 Å². The van der Waals surface area contributed by atoms with Crippen molar-refractivity contribution in [3.63, 3.8) is 0 Å². The highest BCUT2D eigenvalue weighted by Gasteiger charge is 2.11. The first-order valence-electron chi connectivity index (χ1n) is 16.6. The topological polar surface area (TPSA) is 83.6 Å². The van der Waals surface area contributed by atoms with Gasteiger partial charge in [0.15, 0.2) is 0 Å². The molecule has 0 radical (unpaired) electrons. The Bertz CT molecular complexity index is 469. The molecular formula is C33H68N2O3. The van der Waals surface area contributed by atoms with E-state index >= 15 is 0 Å². The van der Waals surface area contributed by atoms with E-state index in [1.54, 1.807) is 7.05 Å². The Morgan fingerprint density at radius 1 is 0.526 bits per heavy atom. The Morgan fingerprint density at radius 3 is 1.11 bits per heavy atom. The maximum atomic E-state index is 11.5. The Balaban J connectivity index is 0. The summed E-state index contributed by atoms with van der Waals surface area (Å²) in [4.78, 5) is 23.3. The molecule has 0 aromatic rings. The molecule has 228 valence electrons. The summed E-state index contributed by atoms with van der Waals surface area (Å²) in [5.74, 6) is -1.02. The van der Waals surface area contributed by atoms with Gasteiger partial charge in [-0.05, 0) is 19.4 Å². The minimum absolute atomic E-state index is 0.0645. The number of carboxylic acids is 1. The highest BCUT2D eigenvalue weighted by Crippen LogP contribution is 2.14.